The molecular weight excluding hydrogens is 369 g/mol. The number of rotatable bonds is 7. The number of benzene rings is 2. The summed E-state index contributed by atoms with van der Waals surface area (Å²) in [6, 6.07) is 12.0. The van der Waals surface area contributed by atoms with Gasteiger partial charge in [-0.2, -0.15) is 0 Å². The first-order chi connectivity index (χ1) is 13.8. The summed E-state index contributed by atoms with van der Waals surface area (Å²) in [5.41, 5.74) is 3.36. The van der Waals surface area contributed by atoms with Crippen LogP contribution in [0, 0.1) is 11.7 Å². The van der Waals surface area contributed by atoms with Gasteiger partial charge in [0.25, 0.3) is 0 Å². The summed E-state index contributed by atoms with van der Waals surface area (Å²) in [6.07, 6.45) is 3.00. The van der Waals surface area contributed by atoms with E-state index >= 15 is 0 Å². The Morgan fingerprint density at radius 3 is 2.45 bits per heavy atom. The van der Waals surface area contributed by atoms with Crippen LogP contribution in [0.1, 0.15) is 37.3 Å². The smallest absolute Gasteiger partial charge is 0.227 e. The molecule has 0 radical (unpaired) electrons. The summed E-state index contributed by atoms with van der Waals surface area (Å²) < 4.78 is 13.5. The SMILES string of the molecule is CC(=O)N(Cc1cccc(F)c1)Cc1cc(NC(=O)C2CCC2)ccc1N(C)C. The Hall–Kier alpha value is -2.89. The summed E-state index contributed by atoms with van der Waals surface area (Å²) in [5, 5.41) is 3.00. The number of amides is 2. The molecule has 2 amide bonds. The minimum absolute atomic E-state index is 0.0583. The van der Waals surface area contributed by atoms with Gasteiger partial charge in [0.05, 0.1) is 0 Å². The fraction of sp³-hybridized carbons (Fsp3) is 0.391. The number of halogens is 1. The maximum Gasteiger partial charge on any atom is 0.227 e. The fourth-order valence-corrected chi connectivity index (χ4v) is 3.48. The molecule has 2 aromatic rings. The van der Waals surface area contributed by atoms with Gasteiger partial charge >= 0.3 is 0 Å². The third-order valence-corrected chi connectivity index (χ3v) is 5.37. The van der Waals surface area contributed by atoms with E-state index in [1.54, 1.807) is 17.0 Å². The van der Waals surface area contributed by atoms with Crippen molar-refractivity contribution in [2.45, 2.75) is 39.3 Å². The van der Waals surface area contributed by atoms with Crippen LogP contribution in [-0.2, 0) is 22.7 Å². The van der Waals surface area contributed by atoms with E-state index in [1.165, 1.54) is 19.1 Å². The van der Waals surface area contributed by atoms with E-state index in [1.807, 2.05) is 37.2 Å². The molecule has 5 nitrogen and oxygen atoms in total. The Balaban J connectivity index is 1.82. The van der Waals surface area contributed by atoms with Crippen molar-refractivity contribution in [3.05, 3.63) is 59.4 Å². The van der Waals surface area contributed by atoms with Gasteiger partial charge in [-0.05, 0) is 54.3 Å². The molecule has 0 bridgehead atoms. The molecule has 3 rings (SSSR count). The van der Waals surface area contributed by atoms with Gasteiger partial charge in [0.1, 0.15) is 5.82 Å². The molecule has 1 N–H and O–H groups in total. The van der Waals surface area contributed by atoms with Crippen molar-refractivity contribution in [3.63, 3.8) is 0 Å². The third kappa shape index (κ3) is 5.34. The van der Waals surface area contributed by atoms with E-state index < -0.39 is 0 Å². The van der Waals surface area contributed by atoms with Crippen LogP contribution in [0.25, 0.3) is 0 Å². The first-order valence-electron chi connectivity index (χ1n) is 9.94. The highest BCUT2D eigenvalue weighted by atomic mass is 19.1. The summed E-state index contributed by atoms with van der Waals surface area (Å²) in [4.78, 5) is 28.2. The molecule has 0 aliphatic heterocycles. The highest BCUT2D eigenvalue weighted by Gasteiger charge is 2.25. The Kier molecular flexibility index (Phi) is 6.52. The van der Waals surface area contributed by atoms with Crippen LogP contribution in [0.4, 0.5) is 15.8 Å². The predicted molar refractivity (Wildman–Crippen MR) is 113 cm³/mol. The largest absolute Gasteiger partial charge is 0.377 e. The predicted octanol–water partition coefficient (Wildman–Crippen LogP) is 4.18. The Bertz CT molecular complexity index is 893. The number of hydrogen-bond donors (Lipinski definition) is 1. The van der Waals surface area contributed by atoms with E-state index in [2.05, 4.69) is 5.32 Å². The molecule has 0 saturated heterocycles. The van der Waals surface area contributed by atoms with Crippen LogP contribution in [0.3, 0.4) is 0 Å². The highest BCUT2D eigenvalue weighted by molar-refractivity contribution is 5.93. The molecule has 154 valence electrons. The first-order valence-corrected chi connectivity index (χ1v) is 9.94. The second kappa shape index (κ2) is 9.07. The standard InChI is InChI=1S/C23H28FN3O2/c1-16(28)27(14-17-6-4-9-20(24)12-17)15-19-13-21(10-11-22(19)26(2)3)25-23(29)18-7-5-8-18/h4,6,9-13,18H,5,7-8,14-15H2,1-3H3,(H,25,29). The van der Waals surface area contributed by atoms with Crippen molar-refractivity contribution in [2.75, 3.05) is 24.3 Å². The minimum Gasteiger partial charge on any atom is -0.377 e. The zero-order valence-corrected chi connectivity index (χ0v) is 17.2. The molecule has 6 heteroatoms. The molecule has 0 spiro atoms. The van der Waals surface area contributed by atoms with Gasteiger partial charge in [-0.1, -0.05) is 18.6 Å². The molecular formula is C23H28FN3O2. The molecule has 1 saturated carbocycles. The average Bonchev–Trinajstić information content (AvgIpc) is 2.59. The molecule has 1 aliphatic rings. The van der Waals surface area contributed by atoms with Crippen molar-refractivity contribution < 1.29 is 14.0 Å². The van der Waals surface area contributed by atoms with E-state index in [4.69, 9.17) is 0 Å². The maximum absolute atomic E-state index is 13.5. The van der Waals surface area contributed by atoms with E-state index in [9.17, 15) is 14.0 Å². The lowest BCUT2D eigenvalue weighted by molar-refractivity contribution is -0.130. The zero-order chi connectivity index (χ0) is 21.0. The Morgan fingerprint density at radius 1 is 1.10 bits per heavy atom. The summed E-state index contributed by atoms with van der Waals surface area (Å²) in [5.74, 6) is -0.250. The normalized spacial score (nSPS) is 13.5. The molecule has 2 aromatic carbocycles. The Morgan fingerprint density at radius 2 is 1.86 bits per heavy atom. The molecule has 0 heterocycles. The third-order valence-electron chi connectivity index (χ3n) is 5.37. The number of carbonyl (C=O) groups is 2. The summed E-state index contributed by atoms with van der Waals surface area (Å²) in [7, 11) is 3.88. The molecule has 0 atom stereocenters. The molecule has 29 heavy (non-hydrogen) atoms. The van der Waals surface area contributed by atoms with Gasteiger partial charge in [-0.15, -0.1) is 0 Å². The first kappa shape index (κ1) is 20.8. The van der Waals surface area contributed by atoms with Crippen molar-refractivity contribution in [2.24, 2.45) is 5.92 Å². The second-order valence-electron chi connectivity index (χ2n) is 7.86. The van der Waals surface area contributed by atoms with Crippen molar-refractivity contribution in [1.82, 2.24) is 4.90 Å². The topological polar surface area (TPSA) is 52.7 Å². The van der Waals surface area contributed by atoms with Gasteiger partial charge in [-0.25, -0.2) is 4.39 Å². The summed E-state index contributed by atoms with van der Waals surface area (Å²) >= 11 is 0. The van der Waals surface area contributed by atoms with Crippen LogP contribution < -0.4 is 10.2 Å². The van der Waals surface area contributed by atoms with Gasteiger partial charge in [0, 0.05) is 51.4 Å². The van der Waals surface area contributed by atoms with Crippen molar-refractivity contribution in [1.29, 1.82) is 0 Å². The van der Waals surface area contributed by atoms with Gasteiger partial charge in [0.15, 0.2) is 0 Å². The lowest BCUT2D eigenvalue weighted by Crippen LogP contribution is -2.29. The number of nitrogens with zero attached hydrogens (tertiary/aromatic N) is 2. The van der Waals surface area contributed by atoms with Crippen LogP contribution >= 0.6 is 0 Å². The lowest BCUT2D eigenvalue weighted by atomic mass is 9.85. The highest BCUT2D eigenvalue weighted by Crippen LogP contribution is 2.29. The molecule has 0 unspecified atom stereocenters. The fourth-order valence-electron chi connectivity index (χ4n) is 3.48. The molecule has 0 aromatic heterocycles. The van der Waals surface area contributed by atoms with Crippen LogP contribution in [0.2, 0.25) is 0 Å². The molecule has 1 aliphatic carbocycles. The second-order valence-corrected chi connectivity index (χ2v) is 7.86. The number of anilines is 2. The van der Waals surface area contributed by atoms with E-state index in [0.717, 1.165) is 41.8 Å². The number of hydrogen-bond acceptors (Lipinski definition) is 3. The number of carbonyl (C=O) groups excluding carboxylic acids is 2. The quantitative estimate of drug-likeness (QED) is 0.763. The summed E-state index contributed by atoms with van der Waals surface area (Å²) in [6.45, 7) is 2.20. The zero-order valence-electron chi connectivity index (χ0n) is 17.2. The van der Waals surface area contributed by atoms with E-state index in [0.29, 0.717) is 13.1 Å². The number of nitrogens with one attached hydrogen (secondary N) is 1. The van der Waals surface area contributed by atoms with Crippen molar-refractivity contribution in [3.8, 4) is 0 Å². The van der Waals surface area contributed by atoms with E-state index in [-0.39, 0.29) is 23.5 Å². The lowest BCUT2D eigenvalue weighted by Gasteiger charge is -2.27. The van der Waals surface area contributed by atoms with Gasteiger partial charge in [-0.3, -0.25) is 9.59 Å². The maximum atomic E-state index is 13.5. The molecule has 1 fully saturated rings. The van der Waals surface area contributed by atoms with Crippen molar-refractivity contribution >= 4 is 23.2 Å². The Labute approximate surface area is 171 Å². The van der Waals surface area contributed by atoms with Crippen LogP contribution in [-0.4, -0.2) is 30.8 Å². The van der Waals surface area contributed by atoms with Crippen LogP contribution in [0.15, 0.2) is 42.5 Å². The minimum atomic E-state index is -0.319. The van der Waals surface area contributed by atoms with Gasteiger partial charge in [0.2, 0.25) is 11.8 Å². The average molecular weight is 397 g/mol. The monoisotopic (exact) mass is 397 g/mol. The van der Waals surface area contributed by atoms with Crippen LogP contribution in [0.5, 0.6) is 0 Å². The van der Waals surface area contributed by atoms with Gasteiger partial charge < -0.3 is 15.1 Å².